The number of guanidine groups is 1. The number of halogens is 1. The van der Waals surface area contributed by atoms with E-state index >= 15 is 0 Å². The van der Waals surface area contributed by atoms with E-state index in [4.69, 9.17) is 0 Å². The molecule has 0 radical (unpaired) electrons. The van der Waals surface area contributed by atoms with Gasteiger partial charge in [-0.05, 0) is 19.8 Å². The Bertz CT molecular complexity index is 359. The predicted octanol–water partition coefficient (Wildman–Crippen LogP) is 0.249. The summed E-state index contributed by atoms with van der Waals surface area (Å²) in [4.78, 5) is 26.6. The number of carbonyl (C=O) groups excluding carboxylic acids is 2. The van der Waals surface area contributed by atoms with Crippen LogP contribution in [0.3, 0.4) is 0 Å². The molecule has 1 fully saturated rings. The topological polar surface area (TPSA) is 91.8 Å². The van der Waals surface area contributed by atoms with Crippen LogP contribution in [-0.4, -0.2) is 51.1 Å². The molecule has 0 saturated heterocycles. The highest BCUT2D eigenvalue weighted by molar-refractivity contribution is 14.0. The van der Waals surface area contributed by atoms with E-state index in [1.165, 1.54) is 7.11 Å². The van der Waals surface area contributed by atoms with E-state index in [2.05, 4.69) is 25.7 Å². The third-order valence-corrected chi connectivity index (χ3v) is 2.82. The largest absolute Gasteiger partial charge is 0.469 e. The van der Waals surface area contributed by atoms with Gasteiger partial charge < -0.3 is 20.7 Å². The average molecular weight is 412 g/mol. The molecular weight excluding hydrogens is 387 g/mol. The van der Waals surface area contributed by atoms with Crippen molar-refractivity contribution in [2.45, 2.75) is 26.2 Å². The van der Waals surface area contributed by atoms with Gasteiger partial charge >= 0.3 is 5.97 Å². The molecule has 0 unspecified atom stereocenters. The summed E-state index contributed by atoms with van der Waals surface area (Å²) in [5.74, 6) is 0.731. The van der Waals surface area contributed by atoms with Gasteiger partial charge in [0.05, 0.1) is 20.1 Å². The lowest BCUT2D eigenvalue weighted by Crippen LogP contribution is -2.41. The second-order valence-electron chi connectivity index (χ2n) is 4.58. The van der Waals surface area contributed by atoms with Crippen molar-refractivity contribution in [3.05, 3.63) is 0 Å². The van der Waals surface area contributed by atoms with Gasteiger partial charge in [-0.1, -0.05) is 0 Å². The van der Waals surface area contributed by atoms with Crippen molar-refractivity contribution in [1.82, 2.24) is 16.0 Å². The molecule has 0 aromatic heterocycles. The Hall–Kier alpha value is -1.06. The zero-order valence-corrected chi connectivity index (χ0v) is 14.9. The van der Waals surface area contributed by atoms with Crippen molar-refractivity contribution in [1.29, 1.82) is 0 Å². The van der Waals surface area contributed by atoms with E-state index in [9.17, 15) is 9.59 Å². The number of esters is 1. The minimum absolute atomic E-state index is 0. The maximum Gasteiger partial charge on any atom is 0.307 e. The molecule has 8 heteroatoms. The molecule has 0 bridgehead atoms. The van der Waals surface area contributed by atoms with Gasteiger partial charge in [0.1, 0.15) is 0 Å². The highest BCUT2D eigenvalue weighted by Gasteiger charge is 2.28. The number of ether oxygens (including phenoxy) is 1. The van der Waals surface area contributed by atoms with Gasteiger partial charge in [0, 0.05) is 25.6 Å². The Morgan fingerprint density at radius 2 is 1.86 bits per heavy atom. The smallest absolute Gasteiger partial charge is 0.307 e. The van der Waals surface area contributed by atoms with Crippen LogP contribution in [0.1, 0.15) is 26.2 Å². The molecule has 3 N–H and O–H groups in total. The molecule has 1 amide bonds. The second kappa shape index (κ2) is 11.6. The standard InChI is InChI=1S/C13H24N4O3.HI/c1-3-14-13(16-7-6-11(18)20-2)17-9-8-15-12(19)10-4-5-10;/h10H,3-9H2,1-2H3,(H,15,19)(H2,14,16,17);1H. The molecule has 21 heavy (non-hydrogen) atoms. The Morgan fingerprint density at radius 1 is 1.19 bits per heavy atom. The number of aliphatic imine (C=N–C) groups is 1. The molecule has 0 heterocycles. The van der Waals surface area contributed by atoms with Crippen LogP contribution in [0.15, 0.2) is 4.99 Å². The predicted molar refractivity (Wildman–Crippen MR) is 91.8 cm³/mol. The van der Waals surface area contributed by atoms with Crippen molar-refractivity contribution in [2.24, 2.45) is 10.9 Å². The first-order chi connectivity index (χ1) is 9.67. The Balaban J connectivity index is 0.00000400. The number of carbonyl (C=O) groups is 2. The second-order valence-corrected chi connectivity index (χ2v) is 4.58. The summed E-state index contributed by atoms with van der Waals surface area (Å²) >= 11 is 0. The van der Waals surface area contributed by atoms with Crippen molar-refractivity contribution in [3.63, 3.8) is 0 Å². The molecular formula is C13H25IN4O3. The number of methoxy groups -OCH3 is 1. The summed E-state index contributed by atoms with van der Waals surface area (Å²) in [5.41, 5.74) is 0. The third-order valence-electron chi connectivity index (χ3n) is 2.82. The highest BCUT2D eigenvalue weighted by atomic mass is 127. The van der Waals surface area contributed by atoms with Crippen LogP contribution in [0.4, 0.5) is 0 Å². The minimum atomic E-state index is -0.277. The first-order valence-electron chi connectivity index (χ1n) is 7.04. The van der Waals surface area contributed by atoms with E-state index in [1.54, 1.807) is 0 Å². The number of amides is 1. The maximum absolute atomic E-state index is 11.4. The van der Waals surface area contributed by atoms with E-state index < -0.39 is 0 Å². The molecule has 1 aliphatic carbocycles. The Kier molecular flexibility index (Phi) is 11.0. The summed E-state index contributed by atoms with van der Waals surface area (Å²) in [5, 5.41) is 9.04. The Labute approximate surface area is 142 Å². The molecule has 122 valence electrons. The van der Waals surface area contributed by atoms with Crippen molar-refractivity contribution in [2.75, 3.05) is 33.3 Å². The first kappa shape index (κ1) is 19.9. The molecule has 7 nitrogen and oxygen atoms in total. The Morgan fingerprint density at radius 3 is 2.43 bits per heavy atom. The van der Waals surface area contributed by atoms with Gasteiger partial charge in [0.2, 0.25) is 5.91 Å². The van der Waals surface area contributed by atoms with Gasteiger partial charge in [0.15, 0.2) is 5.96 Å². The van der Waals surface area contributed by atoms with Gasteiger partial charge in [-0.2, -0.15) is 0 Å². The average Bonchev–Trinajstić information content (AvgIpc) is 3.27. The number of nitrogens with zero attached hydrogens (tertiary/aromatic N) is 1. The van der Waals surface area contributed by atoms with Crippen LogP contribution >= 0.6 is 24.0 Å². The number of hydrogen-bond acceptors (Lipinski definition) is 4. The van der Waals surface area contributed by atoms with E-state index in [0.29, 0.717) is 25.6 Å². The van der Waals surface area contributed by atoms with Crippen LogP contribution in [0.25, 0.3) is 0 Å². The van der Waals surface area contributed by atoms with Gasteiger partial charge in [-0.15, -0.1) is 24.0 Å². The molecule has 1 saturated carbocycles. The maximum atomic E-state index is 11.4. The summed E-state index contributed by atoms with van der Waals surface area (Å²) in [6.45, 7) is 4.24. The lowest BCUT2D eigenvalue weighted by molar-refractivity contribution is -0.140. The molecule has 0 atom stereocenters. The van der Waals surface area contributed by atoms with E-state index in [0.717, 1.165) is 19.4 Å². The summed E-state index contributed by atoms with van der Waals surface area (Å²) in [6, 6.07) is 0. The van der Waals surface area contributed by atoms with Crippen LogP contribution in [0.2, 0.25) is 0 Å². The molecule has 0 spiro atoms. The summed E-state index contributed by atoms with van der Waals surface area (Å²) in [7, 11) is 1.36. The minimum Gasteiger partial charge on any atom is -0.469 e. The van der Waals surface area contributed by atoms with Gasteiger partial charge in [0.25, 0.3) is 0 Å². The van der Waals surface area contributed by atoms with E-state index in [1.807, 2.05) is 6.92 Å². The fourth-order valence-electron chi connectivity index (χ4n) is 1.56. The summed E-state index contributed by atoms with van der Waals surface area (Å²) in [6.07, 6.45) is 2.28. The first-order valence-corrected chi connectivity index (χ1v) is 7.04. The fourth-order valence-corrected chi connectivity index (χ4v) is 1.56. The normalized spacial score (nSPS) is 13.9. The third kappa shape index (κ3) is 9.48. The van der Waals surface area contributed by atoms with E-state index in [-0.39, 0.29) is 48.2 Å². The molecule has 0 aromatic rings. The highest BCUT2D eigenvalue weighted by Crippen LogP contribution is 2.28. The number of hydrogen-bond donors (Lipinski definition) is 3. The van der Waals surface area contributed by atoms with Crippen molar-refractivity contribution in [3.8, 4) is 0 Å². The zero-order chi connectivity index (χ0) is 14.8. The van der Waals surface area contributed by atoms with Crippen LogP contribution in [0, 0.1) is 5.92 Å². The molecule has 0 aliphatic heterocycles. The molecule has 1 aliphatic rings. The monoisotopic (exact) mass is 412 g/mol. The van der Waals surface area contributed by atoms with Crippen LogP contribution < -0.4 is 16.0 Å². The number of rotatable bonds is 8. The van der Waals surface area contributed by atoms with Crippen molar-refractivity contribution < 1.29 is 14.3 Å². The fraction of sp³-hybridized carbons (Fsp3) is 0.769. The zero-order valence-electron chi connectivity index (χ0n) is 12.6. The summed E-state index contributed by atoms with van der Waals surface area (Å²) < 4.78 is 4.55. The van der Waals surface area contributed by atoms with Gasteiger partial charge in [-0.25, -0.2) is 0 Å². The van der Waals surface area contributed by atoms with Crippen molar-refractivity contribution >= 4 is 41.8 Å². The lowest BCUT2D eigenvalue weighted by Gasteiger charge is -2.11. The van der Waals surface area contributed by atoms with Crippen LogP contribution in [0.5, 0.6) is 0 Å². The number of nitrogens with one attached hydrogen (secondary N) is 3. The quantitative estimate of drug-likeness (QED) is 0.175. The van der Waals surface area contributed by atoms with Crippen LogP contribution in [-0.2, 0) is 14.3 Å². The molecule has 1 rings (SSSR count). The lowest BCUT2D eigenvalue weighted by atomic mass is 10.4. The SMILES string of the molecule is CCNC(=NCCC(=O)OC)NCCNC(=O)C1CC1.I. The molecule has 0 aromatic carbocycles. The van der Waals surface area contributed by atoms with Gasteiger partial charge in [-0.3, -0.25) is 14.6 Å².